The van der Waals surface area contributed by atoms with Crippen LogP contribution < -0.4 is 5.32 Å². The highest BCUT2D eigenvalue weighted by Crippen LogP contribution is 2.44. The van der Waals surface area contributed by atoms with E-state index in [2.05, 4.69) is 12.2 Å². The first kappa shape index (κ1) is 13.0. The van der Waals surface area contributed by atoms with Gasteiger partial charge in [0.2, 0.25) is 0 Å². The Morgan fingerprint density at radius 2 is 2.16 bits per heavy atom. The van der Waals surface area contributed by atoms with Crippen molar-refractivity contribution in [2.24, 2.45) is 11.8 Å². The quantitative estimate of drug-likeness (QED) is 0.849. The number of fused-ring (bicyclic) bond motifs is 2. The van der Waals surface area contributed by atoms with Crippen molar-refractivity contribution in [2.75, 3.05) is 5.75 Å². The number of nitrogens with one attached hydrogen (secondary N) is 1. The zero-order valence-corrected chi connectivity index (χ0v) is 12.2. The first-order chi connectivity index (χ1) is 9.28. The molecule has 2 fully saturated rings. The maximum Gasteiger partial charge on any atom is 0.252 e. The second kappa shape index (κ2) is 5.58. The summed E-state index contributed by atoms with van der Waals surface area (Å²) in [6, 6.07) is 8.37. The van der Waals surface area contributed by atoms with E-state index in [1.54, 1.807) is 11.8 Å². The molecule has 0 saturated heterocycles. The molecule has 0 heterocycles. The molecule has 2 aliphatic rings. The number of benzene rings is 1. The summed E-state index contributed by atoms with van der Waals surface area (Å²) in [7, 11) is 0. The van der Waals surface area contributed by atoms with Crippen LogP contribution in [0.15, 0.2) is 29.2 Å². The SMILES string of the molecule is CCSc1ccccc1C(=O)N[C@H]1C[C@H]2CC[C@@H]1C2. The van der Waals surface area contributed by atoms with Gasteiger partial charge in [-0.15, -0.1) is 11.8 Å². The molecule has 19 heavy (non-hydrogen) atoms. The van der Waals surface area contributed by atoms with E-state index in [1.165, 1.54) is 25.7 Å². The molecule has 3 rings (SSSR count). The fourth-order valence-corrected chi connectivity index (χ4v) is 4.41. The van der Waals surface area contributed by atoms with E-state index in [-0.39, 0.29) is 5.91 Å². The number of hydrogen-bond acceptors (Lipinski definition) is 2. The molecule has 3 heteroatoms. The molecule has 1 aromatic rings. The van der Waals surface area contributed by atoms with Crippen LogP contribution in [0.25, 0.3) is 0 Å². The molecule has 2 saturated carbocycles. The highest BCUT2D eigenvalue weighted by Gasteiger charge is 2.40. The van der Waals surface area contributed by atoms with Gasteiger partial charge in [-0.05, 0) is 49.0 Å². The Balaban J connectivity index is 1.70. The Hall–Kier alpha value is -0.960. The smallest absolute Gasteiger partial charge is 0.252 e. The second-order valence-electron chi connectivity index (χ2n) is 5.68. The molecule has 0 spiro atoms. The number of hydrogen-bond donors (Lipinski definition) is 1. The zero-order chi connectivity index (χ0) is 13.2. The van der Waals surface area contributed by atoms with Crippen molar-refractivity contribution in [1.82, 2.24) is 5.32 Å². The lowest BCUT2D eigenvalue weighted by Gasteiger charge is -2.23. The second-order valence-corrected chi connectivity index (χ2v) is 6.99. The third-order valence-electron chi connectivity index (χ3n) is 4.49. The Morgan fingerprint density at radius 1 is 1.32 bits per heavy atom. The lowest BCUT2D eigenvalue weighted by atomic mass is 9.95. The summed E-state index contributed by atoms with van der Waals surface area (Å²) < 4.78 is 0. The maximum atomic E-state index is 12.4. The number of carbonyl (C=O) groups excluding carboxylic acids is 1. The summed E-state index contributed by atoms with van der Waals surface area (Å²) in [5.41, 5.74) is 0.845. The Kier molecular flexibility index (Phi) is 3.83. The molecule has 3 atom stereocenters. The largest absolute Gasteiger partial charge is 0.349 e. The first-order valence-corrected chi connectivity index (χ1v) is 8.29. The van der Waals surface area contributed by atoms with Crippen LogP contribution in [0.2, 0.25) is 0 Å². The van der Waals surface area contributed by atoms with Gasteiger partial charge in [0.25, 0.3) is 5.91 Å². The van der Waals surface area contributed by atoms with Crippen molar-refractivity contribution >= 4 is 17.7 Å². The molecule has 1 aromatic carbocycles. The minimum Gasteiger partial charge on any atom is -0.349 e. The fraction of sp³-hybridized carbons (Fsp3) is 0.562. The van der Waals surface area contributed by atoms with Gasteiger partial charge in [-0.25, -0.2) is 0 Å². The van der Waals surface area contributed by atoms with E-state index in [4.69, 9.17) is 0 Å². The van der Waals surface area contributed by atoms with Crippen LogP contribution in [-0.4, -0.2) is 17.7 Å². The number of thioether (sulfide) groups is 1. The van der Waals surface area contributed by atoms with E-state index < -0.39 is 0 Å². The van der Waals surface area contributed by atoms with Crippen LogP contribution in [0.5, 0.6) is 0 Å². The van der Waals surface area contributed by atoms with Crippen molar-refractivity contribution in [3.63, 3.8) is 0 Å². The van der Waals surface area contributed by atoms with Gasteiger partial charge < -0.3 is 5.32 Å². The lowest BCUT2D eigenvalue weighted by Crippen LogP contribution is -2.38. The minimum absolute atomic E-state index is 0.120. The summed E-state index contributed by atoms with van der Waals surface area (Å²) >= 11 is 1.74. The zero-order valence-electron chi connectivity index (χ0n) is 11.4. The molecule has 2 nitrogen and oxygen atoms in total. The van der Waals surface area contributed by atoms with Gasteiger partial charge in [0, 0.05) is 10.9 Å². The van der Waals surface area contributed by atoms with Gasteiger partial charge in [-0.3, -0.25) is 4.79 Å². The molecular formula is C16H21NOS. The van der Waals surface area contributed by atoms with E-state index >= 15 is 0 Å². The summed E-state index contributed by atoms with van der Waals surface area (Å²) in [6.07, 6.45) is 5.20. The van der Waals surface area contributed by atoms with Gasteiger partial charge in [0.15, 0.2) is 0 Å². The normalized spacial score (nSPS) is 28.6. The maximum absolute atomic E-state index is 12.4. The summed E-state index contributed by atoms with van der Waals surface area (Å²) in [5.74, 6) is 2.72. The average molecular weight is 275 g/mol. The highest BCUT2D eigenvalue weighted by molar-refractivity contribution is 7.99. The minimum atomic E-state index is 0.120. The topological polar surface area (TPSA) is 29.1 Å². The van der Waals surface area contributed by atoms with Crippen molar-refractivity contribution in [3.8, 4) is 0 Å². The summed E-state index contributed by atoms with van der Waals surface area (Å²) in [6.45, 7) is 2.12. The average Bonchev–Trinajstić information content (AvgIpc) is 3.02. The standard InChI is InChI=1S/C16H21NOS/c1-2-19-15-6-4-3-5-13(15)16(18)17-14-10-11-7-8-12(14)9-11/h3-6,11-12,14H,2,7-10H2,1H3,(H,17,18)/t11-,12+,14-/m0/s1. The van der Waals surface area contributed by atoms with Crippen molar-refractivity contribution in [2.45, 2.75) is 43.5 Å². The van der Waals surface area contributed by atoms with E-state index in [0.29, 0.717) is 6.04 Å². The molecular weight excluding hydrogens is 254 g/mol. The molecule has 2 aliphatic carbocycles. The van der Waals surface area contributed by atoms with Crippen LogP contribution >= 0.6 is 11.8 Å². The van der Waals surface area contributed by atoms with Crippen LogP contribution in [-0.2, 0) is 0 Å². The number of rotatable bonds is 4. The molecule has 0 aliphatic heterocycles. The van der Waals surface area contributed by atoms with Crippen molar-refractivity contribution in [1.29, 1.82) is 0 Å². The Bertz CT molecular complexity index is 474. The van der Waals surface area contributed by atoms with Gasteiger partial charge in [0.1, 0.15) is 0 Å². The Morgan fingerprint density at radius 3 is 2.84 bits per heavy atom. The van der Waals surface area contributed by atoms with E-state index in [1.807, 2.05) is 24.3 Å². The highest BCUT2D eigenvalue weighted by atomic mass is 32.2. The molecule has 1 N–H and O–H groups in total. The van der Waals surface area contributed by atoms with Crippen LogP contribution in [0.3, 0.4) is 0 Å². The Labute approximate surface area is 119 Å². The molecule has 0 aromatic heterocycles. The van der Waals surface area contributed by atoms with Gasteiger partial charge >= 0.3 is 0 Å². The van der Waals surface area contributed by atoms with Crippen LogP contribution in [0.4, 0.5) is 0 Å². The van der Waals surface area contributed by atoms with Crippen molar-refractivity contribution < 1.29 is 4.79 Å². The number of amides is 1. The first-order valence-electron chi connectivity index (χ1n) is 7.30. The molecule has 102 valence electrons. The molecule has 0 radical (unpaired) electrons. The van der Waals surface area contributed by atoms with Gasteiger partial charge in [-0.1, -0.05) is 25.5 Å². The summed E-state index contributed by atoms with van der Waals surface area (Å²) in [4.78, 5) is 13.6. The fourth-order valence-electron chi connectivity index (χ4n) is 3.60. The van der Waals surface area contributed by atoms with Gasteiger partial charge in [-0.2, -0.15) is 0 Å². The predicted molar refractivity (Wildman–Crippen MR) is 79.5 cm³/mol. The predicted octanol–water partition coefficient (Wildman–Crippen LogP) is 3.72. The lowest BCUT2D eigenvalue weighted by molar-refractivity contribution is 0.0920. The van der Waals surface area contributed by atoms with Crippen LogP contribution in [0.1, 0.15) is 43.0 Å². The molecule has 0 unspecified atom stereocenters. The van der Waals surface area contributed by atoms with E-state index in [0.717, 1.165) is 28.0 Å². The summed E-state index contributed by atoms with van der Waals surface area (Å²) in [5, 5.41) is 3.27. The molecule has 2 bridgehead atoms. The van der Waals surface area contributed by atoms with Gasteiger partial charge in [0.05, 0.1) is 5.56 Å². The third-order valence-corrected chi connectivity index (χ3v) is 5.44. The van der Waals surface area contributed by atoms with E-state index in [9.17, 15) is 4.79 Å². The van der Waals surface area contributed by atoms with Crippen molar-refractivity contribution in [3.05, 3.63) is 29.8 Å². The molecule has 1 amide bonds. The van der Waals surface area contributed by atoms with Crippen LogP contribution in [0, 0.1) is 11.8 Å². The number of carbonyl (C=O) groups is 1. The monoisotopic (exact) mass is 275 g/mol. The third kappa shape index (κ3) is 2.66.